The molecular formula is C14H18N4O2. The predicted molar refractivity (Wildman–Crippen MR) is 75.4 cm³/mol. The molecular weight excluding hydrogens is 256 g/mol. The average Bonchev–Trinajstić information content (AvgIpc) is 2.98. The zero-order chi connectivity index (χ0) is 14.1. The van der Waals surface area contributed by atoms with Crippen molar-refractivity contribution < 1.29 is 9.59 Å². The second kappa shape index (κ2) is 5.13. The number of anilines is 1. The molecule has 0 aliphatic carbocycles. The standard InChI is InChI=1S/C14H18N4O2/c15-14(20)17-12-3-1-2-9(4-12)13(19)18-7-10-5-16-6-11(10)8-18/h1-4,10-11,16H,5-8H2,(H3,15,17,20)/t10-,11+. The molecule has 2 saturated heterocycles. The number of nitrogens with one attached hydrogen (secondary N) is 2. The minimum Gasteiger partial charge on any atom is -0.351 e. The molecule has 3 amide bonds. The van der Waals surface area contributed by atoms with Crippen molar-refractivity contribution in [2.45, 2.75) is 0 Å². The SMILES string of the molecule is NC(=O)Nc1cccc(C(=O)N2C[C@H]3CNC[C@H]3C2)c1. The first-order chi connectivity index (χ1) is 9.63. The largest absolute Gasteiger partial charge is 0.351 e. The lowest BCUT2D eigenvalue weighted by molar-refractivity contribution is 0.0781. The number of carbonyl (C=O) groups is 2. The summed E-state index contributed by atoms with van der Waals surface area (Å²) < 4.78 is 0. The van der Waals surface area contributed by atoms with Gasteiger partial charge in [0.15, 0.2) is 0 Å². The molecule has 106 valence electrons. The number of nitrogens with zero attached hydrogens (tertiary/aromatic N) is 1. The number of rotatable bonds is 2. The molecule has 2 heterocycles. The number of benzene rings is 1. The lowest BCUT2D eigenvalue weighted by atomic mass is 10.0. The van der Waals surface area contributed by atoms with Crippen LogP contribution in [0.2, 0.25) is 0 Å². The molecule has 1 aromatic carbocycles. The number of fused-ring (bicyclic) bond motifs is 1. The maximum atomic E-state index is 12.5. The molecule has 0 unspecified atom stereocenters. The van der Waals surface area contributed by atoms with E-state index in [0.29, 0.717) is 23.1 Å². The zero-order valence-corrected chi connectivity index (χ0v) is 11.1. The molecule has 2 aliphatic heterocycles. The third kappa shape index (κ3) is 2.46. The molecule has 3 rings (SSSR count). The van der Waals surface area contributed by atoms with Crippen LogP contribution in [0.25, 0.3) is 0 Å². The van der Waals surface area contributed by atoms with Gasteiger partial charge in [0.25, 0.3) is 5.91 Å². The minimum atomic E-state index is -0.628. The van der Waals surface area contributed by atoms with E-state index < -0.39 is 6.03 Å². The Bertz CT molecular complexity index is 534. The van der Waals surface area contributed by atoms with E-state index in [2.05, 4.69) is 10.6 Å². The Balaban J connectivity index is 1.72. The predicted octanol–water partition coefficient (Wildman–Crippen LogP) is 0.469. The Morgan fingerprint density at radius 1 is 1.25 bits per heavy atom. The normalized spacial score (nSPS) is 24.5. The lowest BCUT2D eigenvalue weighted by Gasteiger charge is -2.18. The van der Waals surface area contributed by atoms with Gasteiger partial charge in [-0.05, 0) is 30.0 Å². The van der Waals surface area contributed by atoms with E-state index in [1.165, 1.54) is 0 Å². The van der Waals surface area contributed by atoms with E-state index in [9.17, 15) is 9.59 Å². The molecule has 4 N–H and O–H groups in total. The number of carbonyl (C=O) groups excluding carboxylic acids is 2. The molecule has 2 atom stereocenters. The van der Waals surface area contributed by atoms with E-state index in [-0.39, 0.29) is 5.91 Å². The van der Waals surface area contributed by atoms with E-state index in [1.54, 1.807) is 24.3 Å². The molecule has 0 spiro atoms. The fraction of sp³-hybridized carbons (Fsp3) is 0.429. The van der Waals surface area contributed by atoms with Gasteiger partial charge in [-0.2, -0.15) is 0 Å². The summed E-state index contributed by atoms with van der Waals surface area (Å²) in [7, 11) is 0. The number of likely N-dealkylation sites (tertiary alicyclic amines) is 1. The fourth-order valence-electron chi connectivity index (χ4n) is 3.08. The Labute approximate surface area is 117 Å². The maximum Gasteiger partial charge on any atom is 0.316 e. The summed E-state index contributed by atoms with van der Waals surface area (Å²) in [4.78, 5) is 25.2. The topological polar surface area (TPSA) is 87.5 Å². The molecule has 0 saturated carbocycles. The summed E-state index contributed by atoms with van der Waals surface area (Å²) in [6, 6.07) is 6.26. The van der Waals surface area contributed by atoms with Crippen LogP contribution < -0.4 is 16.4 Å². The molecule has 20 heavy (non-hydrogen) atoms. The van der Waals surface area contributed by atoms with Gasteiger partial charge in [0, 0.05) is 37.4 Å². The summed E-state index contributed by atoms with van der Waals surface area (Å²) in [5.74, 6) is 1.17. The molecule has 0 aromatic heterocycles. The van der Waals surface area contributed by atoms with Gasteiger partial charge in [-0.1, -0.05) is 6.07 Å². The smallest absolute Gasteiger partial charge is 0.316 e. The van der Waals surface area contributed by atoms with Crippen LogP contribution in [0.3, 0.4) is 0 Å². The molecule has 2 fully saturated rings. The summed E-state index contributed by atoms with van der Waals surface area (Å²) in [5, 5.41) is 5.84. The maximum absolute atomic E-state index is 12.5. The van der Waals surface area contributed by atoms with Crippen LogP contribution in [0.15, 0.2) is 24.3 Å². The quantitative estimate of drug-likeness (QED) is 0.732. The minimum absolute atomic E-state index is 0.0209. The van der Waals surface area contributed by atoms with Crippen molar-refractivity contribution in [3.8, 4) is 0 Å². The lowest BCUT2D eigenvalue weighted by Crippen LogP contribution is -2.32. The first-order valence-electron chi connectivity index (χ1n) is 6.80. The van der Waals surface area contributed by atoms with E-state index in [0.717, 1.165) is 26.2 Å². The molecule has 6 heteroatoms. The molecule has 1 aromatic rings. The van der Waals surface area contributed by atoms with E-state index in [1.807, 2.05) is 4.90 Å². The monoisotopic (exact) mass is 274 g/mol. The second-order valence-electron chi connectivity index (χ2n) is 5.46. The van der Waals surface area contributed by atoms with Gasteiger partial charge in [0.2, 0.25) is 0 Å². The highest BCUT2D eigenvalue weighted by atomic mass is 16.2. The number of nitrogens with two attached hydrogens (primary N) is 1. The van der Waals surface area contributed by atoms with Gasteiger partial charge in [-0.3, -0.25) is 4.79 Å². The van der Waals surface area contributed by atoms with Crippen LogP contribution in [-0.4, -0.2) is 43.0 Å². The summed E-state index contributed by atoms with van der Waals surface area (Å²) >= 11 is 0. The van der Waals surface area contributed by atoms with Crippen molar-refractivity contribution in [1.82, 2.24) is 10.2 Å². The fourth-order valence-corrected chi connectivity index (χ4v) is 3.08. The van der Waals surface area contributed by atoms with Crippen LogP contribution in [0, 0.1) is 11.8 Å². The van der Waals surface area contributed by atoms with Crippen LogP contribution in [0.1, 0.15) is 10.4 Å². The van der Waals surface area contributed by atoms with Crippen molar-refractivity contribution in [3.63, 3.8) is 0 Å². The second-order valence-corrected chi connectivity index (χ2v) is 5.46. The van der Waals surface area contributed by atoms with Crippen molar-refractivity contribution in [2.24, 2.45) is 17.6 Å². The van der Waals surface area contributed by atoms with E-state index >= 15 is 0 Å². The highest BCUT2D eigenvalue weighted by Gasteiger charge is 2.38. The third-order valence-corrected chi connectivity index (χ3v) is 4.05. The average molecular weight is 274 g/mol. The number of hydrogen-bond acceptors (Lipinski definition) is 3. The van der Waals surface area contributed by atoms with Crippen LogP contribution >= 0.6 is 0 Å². The zero-order valence-electron chi connectivity index (χ0n) is 11.1. The highest BCUT2D eigenvalue weighted by molar-refractivity contribution is 5.96. The van der Waals surface area contributed by atoms with Crippen molar-refractivity contribution in [2.75, 3.05) is 31.5 Å². The Hall–Kier alpha value is -2.08. The number of primary amides is 1. The molecule has 2 aliphatic rings. The van der Waals surface area contributed by atoms with Gasteiger partial charge in [-0.15, -0.1) is 0 Å². The van der Waals surface area contributed by atoms with Crippen molar-refractivity contribution in [3.05, 3.63) is 29.8 Å². The first kappa shape index (κ1) is 12.9. The summed E-state index contributed by atoms with van der Waals surface area (Å²) in [5.41, 5.74) is 6.22. The Kier molecular flexibility index (Phi) is 3.31. The van der Waals surface area contributed by atoms with Gasteiger partial charge in [0.1, 0.15) is 0 Å². The van der Waals surface area contributed by atoms with Gasteiger partial charge in [-0.25, -0.2) is 4.79 Å². The van der Waals surface area contributed by atoms with E-state index in [4.69, 9.17) is 5.73 Å². The summed E-state index contributed by atoms with van der Waals surface area (Å²) in [6.45, 7) is 3.61. The van der Waals surface area contributed by atoms with Gasteiger partial charge < -0.3 is 21.3 Å². The van der Waals surface area contributed by atoms with Crippen molar-refractivity contribution in [1.29, 1.82) is 0 Å². The molecule has 0 bridgehead atoms. The third-order valence-electron chi connectivity index (χ3n) is 4.05. The van der Waals surface area contributed by atoms with Crippen molar-refractivity contribution >= 4 is 17.6 Å². The molecule has 6 nitrogen and oxygen atoms in total. The highest BCUT2D eigenvalue weighted by Crippen LogP contribution is 2.27. The van der Waals surface area contributed by atoms with Gasteiger partial charge >= 0.3 is 6.03 Å². The number of hydrogen-bond donors (Lipinski definition) is 3. The first-order valence-corrected chi connectivity index (χ1v) is 6.80. The van der Waals surface area contributed by atoms with Crippen LogP contribution in [0.4, 0.5) is 10.5 Å². The Morgan fingerprint density at radius 2 is 1.95 bits per heavy atom. The molecule has 0 radical (unpaired) electrons. The van der Waals surface area contributed by atoms with Gasteiger partial charge in [0.05, 0.1) is 0 Å². The number of amides is 3. The Morgan fingerprint density at radius 3 is 2.60 bits per heavy atom. The number of urea groups is 1. The van der Waals surface area contributed by atoms with Crippen LogP contribution in [-0.2, 0) is 0 Å². The van der Waals surface area contributed by atoms with Crippen LogP contribution in [0.5, 0.6) is 0 Å². The summed E-state index contributed by atoms with van der Waals surface area (Å²) in [6.07, 6.45) is 0.